The molecule has 22 heavy (non-hydrogen) atoms. The normalized spacial score (nSPS) is 16.4. The van der Waals surface area contributed by atoms with Crippen LogP contribution in [0.5, 0.6) is 0 Å². The van der Waals surface area contributed by atoms with Gasteiger partial charge in [0.25, 0.3) is 5.91 Å². The Morgan fingerprint density at radius 3 is 2.32 bits per heavy atom. The maximum atomic E-state index is 12.7. The lowest BCUT2D eigenvalue weighted by Gasteiger charge is -2.25. The highest BCUT2D eigenvalue weighted by Crippen LogP contribution is 2.36. The monoisotopic (exact) mass is 357 g/mol. The predicted octanol–water partition coefficient (Wildman–Crippen LogP) is 5.11. The summed E-state index contributed by atoms with van der Waals surface area (Å²) in [6, 6.07) is 18.0. The molecule has 1 atom stereocenters. The zero-order valence-corrected chi connectivity index (χ0v) is 14.1. The Morgan fingerprint density at radius 1 is 1.00 bits per heavy atom. The molecule has 0 saturated heterocycles. The fourth-order valence-corrected chi connectivity index (χ4v) is 3.75. The van der Waals surface area contributed by atoms with E-state index in [9.17, 15) is 4.79 Å². The Kier molecular flexibility index (Phi) is 4.94. The number of benzene rings is 2. The van der Waals surface area contributed by atoms with Crippen molar-refractivity contribution in [1.82, 2.24) is 5.32 Å². The molecule has 1 amide bonds. The molecule has 114 valence electrons. The lowest BCUT2D eigenvalue weighted by atomic mass is 9.91. The van der Waals surface area contributed by atoms with Crippen molar-refractivity contribution in [1.29, 1.82) is 0 Å². The van der Waals surface area contributed by atoms with Crippen molar-refractivity contribution in [3.63, 3.8) is 0 Å². The first-order valence-corrected chi connectivity index (χ1v) is 8.65. The topological polar surface area (TPSA) is 29.1 Å². The number of hydrogen-bond donors (Lipinski definition) is 1. The molecule has 3 heteroatoms. The van der Waals surface area contributed by atoms with Crippen LogP contribution in [0.4, 0.5) is 0 Å². The van der Waals surface area contributed by atoms with Gasteiger partial charge in [-0.25, -0.2) is 0 Å². The zero-order chi connectivity index (χ0) is 15.4. The van der Waals surface area contributed by atoms with Crippen molar-refractivity contribution >= 4 is 21.8 Å². The van der Waals surface area contributed by atoms with E-state index < -0.39 is 0 Å². The zero-order valence-electron chi connectivity index (χ0n) is 12.5. The average molecular weight is 358 g/mol. The van der Waals surface area contributed by atoms with Gasteiger partial charge in [0.05, 0.1) is 11.6 Å². The third-order valence-corrected chi connectivity index (χ3v) is 5.13. The van der Waals surface area contributed by atoms with Crippen LogP contribution in [0.3, 0.4) is 0 Å². The fraction of sp³-hybridized carbons (Fsp3) is 0.316. The maximum Gasteiger partial charge on any atom is 0.252 e. The third kappa shape index (κ3) is 3.41. The number of rotatable bonds is 4. The van der Waals surface area contributed by atoms with Crippen LogP contribution in [0, 0.1) is 5.92 Å². The van der Waals surface area contributed by atoms with Gasteiger partial charge in [-0.05, 0) is 52.4 Å². The van der Waals surface area contributed by atoms with Crippen LogP contribution in [0.25, 0.3) is 0 Å². The van der Waals surface area contributed by atoms with Gasteiger partial charge in [-0.3, -0.25) is 4.79 Å². The molecule has 3 rings (SSSR count). The van der Waals surface area contributed by atoms with Crippen LogP contribution in [-0.2, 0) is 0 Å². The molecule has 2 aromatic carbocycles. The highest BCUT2D eigenvalue weighted by atomic mass is 79.9. The van der Waals surface area contributed by atoms with E-state index in [4.69, 9.17) is 0 Å². The van der Waals surface area contributed by atoms with Crippen molar-refractivity contribution < 1.29 is 4.79 Å². The Balaban J connectivity index is 1.84. The Hall–Kier alpha value is -1.61. The summed E-state index contributed by atoms with van der Waals surface area (Å²) in [5.74, 6) is 0.530. The van der Waals surface area contributed by atoms with Gasteiger partial charge in [-0.2, -0.15) is 0 Å². The van der Waals surface area contributed by atoms with Crippen molar-refractivity contribution in [3.8, 4) is 0 Å². The lowest BCUT2D eigenvalue weighted by Crippen LogP contribution is -2.32. The molecule has 0 aliphatic heterocycles. The summed E-state index contributed by atoms with van der Waals surface area (Å²) in [5.41, 5.74) is 1.90. The van der Waals surface area contributed by atoms with E-state index >= 15 is 0 Å². The average Bonchev–Trinajstić information content (AvgIpc) is 3.08. The lowest BCUT2D eigenvalue weighted by molar-refractivity contribution is 0.0921. The van der Waals surface area contributed by atoms with E-state index in [1.54, 1.807) is 0 Å². The summed E-state index contributed by atoms with van der Waals surface area (Å²) in [6.07, 6.45) is 4.91. The Labute approximate surface area is 140 Å². The van der Waals surface area contributed by atoms with Gasteiger partial charge in [-0.15, -0.1) is 0 Å². The van der Waals surface area contributed by atoms with Gasteiger partial charge < -0.3 is 5.32 Å². The molecular weight excluding hydrogens is 338 g/mol. The van der Waals surface area contributed by atoms with Gasteiger partial charge in [0.2, 0.25) is 0 Å². The summed E-state index contributed by atoms with van der Waals surface area (Å²) in [5, 5.41) is 3.26. The molecule has 0 aromatic heterocycles. The van der Waals surface area contributed by atoms with Crippen LogP contribution in [-0.4, -0.2) is 5.91 Å². The van der Waals surface area contributed by atoms with E-state index in [2.05, 4.69) is 33.4 Å². The van der Waals surface area contributed by atoms with Crippen molar-refractivity contribution in [3.05, 3.63) is 70.2 Å². The quantitative estimate of drug-likeness (QED) is 0.809. The molecule has 1 aliphatic carbocycles. The molecule has 0 spiro atoms. The number of amides is 1. The van der Waals surface area contributed by atoms with Crippen LogP contribution in [0.15, 0.2) is 59.1 Å². The summed E-state index contributed by atoms with van der Waals surface area (Å²) in [7, 11) is 0. The second-order valence-electron chi connectivity index (χ2n) is 5.89. The van der Waals surface area contributed by atoms with E-state index in [0.717, 1.165) is 4.47 Å². The minimum Gasteiger partial charge on any atom is -0.345 e. The molecule has 1 saturated carbocycles. The van der Waals surface area contributed by atoms with Gasteiger partial charge in [-0.1, -0.05) is 55.3 Å². The van der Waals surface area contributed by atoms with Crippen molar-refractivity contribution in [2.75, 3.05) is 0 Å². The predicted molar refractivity (Wildman–Crippen MR) is 92.7 cm³/mol. The second-order valence-corrected chi connectivity index (χ2v) is 6.74. The number of halogens is 1. The molecule has 0 bridgehead atoms. The van der Waals surface area contributed by atoms with Crippen LogP contribution in [0.2, 0.25) is 0 Å². The first-order chi connectivity index (χ1) is 10.8. The minimum atomic E-state index is -0.00627. The summed E-state index contributed by atoms with van der Waals surface area (Å²) in [4.78, 5) is 12.7. The Bertz CT molecular complexity index is 635. The van der Waals surface area contributed by atoms with Gasteiger partial charge >= 0.3 is 0 Å². The fourth-order valence-electron chi connectivity index (χ4n) is 3.29. The Morgan fingerprint density at radius 2 is 1.64 bits per heavy atom. The molecule has 2 nitrogen and oxygen atoms in total. The minimum absolute atomic E-state index is 0.00627. The van der Waals surface area contributed by atoms with Crippen molar-refractivity contribution in [2.24, 2.45) is 5.92 Å². The molecule has 1 N–H and O–H groups in total. The van der Waals surface area contributed by atoms with E-state index in [1.807, 2.05) is 42.5 Å². The summed E-state index contributed by atoms with van der Waals surface area (Å²) >= 11 is 3.47. The smallest absolute Gasteiger partial charge is 0.252 e. The van der Waals surface area contributed by atoms with Crippen LogP contribution in [0.1, 0.15) is 47.6 Å². The van der Waals surface area contributed by atoms with Crippen molar-refractivity contribution in [2.45, 2.75) is 31.7 Å². The molecular formula is C19H20BrNO. The summed E-state index contributed by atoms with van der Waals surface area (Å²) < 4.78 is 0.839. The largest absolute Gasteiger partial charge is 0.345 e. The van der Waals surface area contributed by atoms with Crippen LogP contribution >= 0.6 is 15.9 Å². The van der Waals surface area contributed by atoms with Gasteiger partial charge in [0, 0.05) is 4.47 Å². The summed E-state index contributed by atoms with van der Waals surface area (Å²) in [6.45, 7) is 0. The molecule has 0 heterocycles. The van der Waals surface area contributed by atoms with E-state index in [1.165, 1.54) is 31.2 Å². The van der Waals surface area contributed by atoms with Crippen LogP contribution < -0.4 is 5.32 Å². The number of hydrogen-bond acceptors (Lipinski definition) is 1. The number of carbonyl (C=O) groups excluding carboxylic acids is 1. The third-order valence-electron chi connectivity index (χ3n) is 4.44. The first kappa shape index (κ1) is 15.3. The number of carbonyl (C=O) groups is 1. The molecule has 1 aliphatic rings. The second kappa shape index (κ2) is 7.10. The van der Waals surface area contributed by atoms with Gasteiger partial charge in [0.15, 0.2) is 0 Å². The highest BCUT2D eigenvalue weighted by molar-refractivity contribution is 9.10. The standard InChI is InChI=1S/C19H20BrNO/c20-17-13-7-6-12-16(17)19(22)21-18(15-10-4-5-11-15)14-8-2-1-3-9-14/h1-3,6-9,12-13,15,18H,4-5,10-11H2,(H,21,22)/t18-/m0/s1. The molecule has 0 unspecified atom stereocenters. The molecule has 0 radical (unpaired) electrons. The number of nitrogens with one attached hydrogen (secondary N) is 1. The molecule has 1 fully saturated rings. The SMILES string of the molecule is O=C(N[C@@H](c1ccccc1)C1CCCC1)c1ccccc1Br. The highest BCUT2D eigenvalue weighted by Gasteiger charge is 2.28. The first-order valence-electron chi connectivity index (χ1n) is 7.86. The van der Waals surface area contributed by atoms with E-state index in [0.29, 0.717) is 11.5 Å². The van der Waals surface area contributed by atoms with Gasteiger partial charge in [0.1, 0.15) is 0 Å². The maximum absolute atomic E-state index is 12.7. The van der Waals surface area contributed by atoms with E-state index in [-0.39, 0.29) is 11.9 Å². The molecule has 2 aromatic rings.